The van der Waals surface area contributed by atoms with Crippen molar-refractivity contribution in [2.24, 2.45) is 5.92 Å². The predicted octanol–water partition coefficient (Wildman–Crippen LogP) is 3.94. The molecule has 118 valence electrons. The van der Waals surface area contributed by atoms with Crippen LogP contribution in [0.5, 0.6) is 0 Å². The van der Waals surface area contributed by atoms with Crippen molar-refractivity contribution in [2.75, 3.05) is 11.1 Å². The molecule has 0 amide bonds. The van der Waals surface area contributed by atoms with E-state index in [9.17, 15) is 0 Å². The number of fused-ring (bicyclic) bond motifs is 1. The van der Waals surface area contributed by atoms with Gasteiger partial charge >= 0.3 is 0 Å². The lowest BCUT2D eigenvalue weighted by Crippen LogP contribution is -2.17. The molecule has 0 saturated heterocycles. The van der Waals surface area contributed by atoms with Crippen molar-refractivity contribution in [1.82, 2.24) is 15.0 Å². The van der Waals surface area contributed by atoms with Crippen LogP contribution in [0.2, 0.25) is 0 Å². The van der Waals surface area contributed by atoms with E-state index in [1.54, 1.807) is 17.5 Å². The van der Waals surface area contributed by atoms with Gasteiger partial charge in [-0.2, -0.15) is 4.98 Å². The van der Waals surface area contributed by atoms with Gasteiger partial charge in [-0.15, -0.1) is 11.3 Å². The SMILES string of the molecule is CC1CCC(Nc2nc(N)ncc2-c2nc3ccccc3s2)C1. The molecule has 1 fully saturated rings. The van der Waals surface area contributed by atoms with Gasteiger partial charge in [-0.05, 0) is 37.3 Å². The Bertz CT molecular complexity index is 811. The van der Waals surface area contributed by atoms with Crippen LogP contribution in [0.4, 0.5) is 11.8 Å². The number of nitrogens with two attached hydrogens (primary N) is 1. The number of para-hydroxylation sites is 1. The van der Waals surface area contributed by atoms with Crippen LogP contribution in [-0.2, 0) is 0 Å². The molecular formula is C17H19N5S. The van der Waals surface area contributed by atoms with Gasteiger partial charge in [0.05, 0.1) is 15.8 Å². The van der Waals surface area contributed by atoms with Crippen molar-refractivity contribution in [2.45, 2.75) is 32.2 Å². The van der Waals surface area contributed by atoms with Crippen LogP contribution in [0.3, 0.4) is 0 Å². The van der Waals surface area contributed by atoms with Gasteiger partial charge in [0.1, 0.15) is 10.8 Å². The smallest absolute Gasteiger partial charge is 0.221 e. The summed E-state index contributed by atoms with van der Waals surface area (Å²) in [5.74, 6) is 1.86. The molecule has 3 N–H and O–H groups in total. The highest BCUT2D eigenvalue weighted by atomic mass is 32.1. The third kappa shape index (κ3) is 2.86. The average Bonchev–Trinajstić information content (AvgIpc) is 3.13. The summed E-state index contributed by atoms with van der Waals surface area (Å²) in [7, 11) is 0. The van der Waals surface area contributed by atoms with E-state index in [1.165, 1.54) is 24.0 Å². The molecule has 0 radical (unpaired) electrons. The summed E-state index contributed by atoms with van der Waals surface area (Å²) in [5, 5.41) is 4.49. The first-order valence-corrected chi connectivity index (χ1v) is 8.75. The Morgan fingerprint density at radius 3 is 2.87 bits per heavy atom. The number of nitrogens with zero attached hydrogens (tertiary/aromatic N) is 3. The van der Waals surface area contributed by atoms with Crippen molar-refractivity contribution in [3.05, 3.63) is 30.5 Å². The van der Waals surface area contributed by atoms with E-state index in [0.717, 1.165) is 27.8 Å². The summed E-state index contributed by atoms with van der Waals surface area (Å²) >= 11 is 1.66. The molecule has 1 saturated carbocycles. The van der Waals surface area contributed by atoms with Crippen LogP contribution in [-0.4, -0.2) is 21.0 Å². The lowest BCUT2D eigenvalue weighted by Gasteiger charge is -2.15. The molecular weight excluding hydrogens is 306 g/mol. The molecule has 2 heterocycles. The highest BCUT2D eigenvalue weighted by Crippen LogP contribution is 2.35. The molecule has 0 aliphatic heterocycles. The first-order valence-electron chi connectivity index (χ1n) is 7.94. The van der Waals surface area contributed by atoms with Gasteiger partial charge in [0.25, 0.3) is 0 Å². The largest absolute Gasteiger partial charge is 0.368 e. The van der Waals surface area contributed by atoms with E-state index in [2.05, 4.69) is 28.3 Å². The Morgan fingerprint density at radius 1 is 1.22 bits per heavy atom. The highest BCUT2D eigenvalue weighted by Gasteiger charge is 2.23. The van der Waals surface area contributed by atoms with E-state index in [-0.39, 0.29) is 0 Å². The summed E-state index contributed by atoms with van der Waals surface area (Å²) < 4.78 is 1.17. The Kier molecular flexibility index (Phi) is 3.61. The Balaban J connectivity index is 1.72. The van der Waals surface area contributed by atoms with Crippen LogP contribution in [0.25, 0.3) is 20.8 Å². The maximum atomic E-state index is 5.80. The number of nitrogen functional groups attached to an aromatic ring is 1. The zero-order valence-electron chi connectivity index (χ0n) is 13.0. The number of hydrogen-bond acceptors (Lipinski definition) is 6. The van der Waals surface area contributed by atoms with Gasteiger partial charge in [0, 0.05) is 12.2 Å². The first kappa shape index (κ1) is 14.4. The minimum Gasteiger partial charge on any atom is -0.368 e. The van der Waals surface area contributed by atoms with E-state index in [0.29, 0.717) is 12.0 Å². The lowest BCUT2D eigenvalue weighted by molar-refractivity contribution is 0.602. The van der Waals surface area contributed by atoms with Crippen LogP contribution in [0.15, 0.2) is 30.5 Å². The van der Waals surface area contributed by atoms with E-state index in [4.69, 9.17) is 10.7 Å². The Hall–Kier alpha value is -2.21. The third-order valence-electron chi connectivity index (χ3n) is 4.37. The number of nitrogens with one attached hydrogen (secondary N) is 1. The monoisotopic (exact) mass is 325 g/mol. The minimum atomic E-state index is 0.295. The molecule has 1 aliphatic rings. The molecule has 0 bridgehead atoms. The number of hydrogen-bond donors (Lipinski definition) is 2. The van der Waals surface area contributed by atoms with Crippen molar-refractivity contribution >= 4 is 33.3 Å². The molecule has 2 aromatic heterocycles. The second kappa shape index (κ2) is 5.77. The Labute approximate surface area is 139 Å². The van der Waals surface area contributed by atoms with E-state index < -0.39 is 0 Å². The summed E-state index contributed by atoms with van der Waals surface area (Å²) in [6.45, 7) is 2.30. The zero-order valence-corrected chi connectivity index (χ0v) is 13.8. The molecule has 5 nitrogen and oxygen atoms in total. The summed E-state index contributed by atoms with van der Waals surface area (Å²) in [6, 6.07) is 8.60. The average molecular weight is 325 g/mol. The standard InChI is InChI=1S/C17H19N5S/c1-10-6-7-11(8-10)20-15-12(9-19-17(18)22-15)16-21-13-4-2-3-5-14(13)23-16/h2-5,9-11H,6-8H2,1H3,(H3,18,19,20,22). The molecule has 2 unspecified atom stereocenters. The Morgan fingerprint density at radius 2 is 2.09 bits per heavy atom. The molecule has 3 aromatic rings. The predicted molar refractivity (Wildman–Crippen MR) is 95.5 cm³/mol. The summed E-state index contributed by atoms with van der Waals surface area (Å²) in [4.78, 5) is 13.3. The van der Waals surface area contributed by atoms with Gasteiger partial charge in [0.2, 0.25) is 5.95 Å². The van der Waals surface area contributed by atoms with E-state index >= 15 is 0 Å². The molecule has 1 aliphatic carbocycles. The third-order valence-corrected chi connectivity index (χ3v) is 5.44. The summed E-state index contributed by atoms with van der Waals surface area (Å²) in [6.07, 6.45) is 5.38. The highest BCUT2D eigenvalue weighted by molar-refractivity contribution is 7.21. The quantitative estimate of drug-likeness (QED) is 0.763. The summed E-state index contributed by atoms with van der Waals surface area (Å²) in [5.41, 5.74) is 7.74. The number of thiazole rings is 1. The number of aromatic nitrogens is 3. The molecule has 6 heteroatoms. The number of anilines is 2. The van der Waals surface area contributed by atoms with Crippen LogP contribution >= 0.6 is 11.3 Å². The topological polar surface area (TPSA) is 76.7 Å². The fraction of sp³-hybridized carbons (Fsp3) is 0.353. The van der Waals surface area contributed by atoms with E-state index in [1.807, 2.05) is 18.2 Å². The maximum absolute atomic E-state index is 5.80. The molecule has 2 atom stereocenters. The molecule has 0 spiro atoms. The zero-order chi connectivity index (χ0) is 15.8. The normalized spacial score (nSPS) is 20.9. The van der Waals surface area contributed by atoms with Gasteiger partial charge in [-0.25, -0.2) is 9.97 Å². The molecule has 23 heavy (non-hydrogen) atoms. The van der Waals surface area contributed by atoms with Gasteiger partial charge in [-0.1, -0.05) is 19.1 Å². The second-order valence-corrected chi connectivity index (χ2v) is 7.27. The molecule has 1 aromatic carbocycles. The fourth-order valence-electron chi connectivity index (χ4n) is 3.18. The maximum Gasteiger partial charge on any atom is 0.221 e. The van der Waals surface area contributed by atoms with Gasteiger partial charge in [-0.3, -0.25) is 0 Å². The lowest BCUT2D eigenvalue weighted by atomic mass is 10.1. The fourth-order valence-corrected chi connectivity index (χ4v) is 4.16. The minimum absolute atomic E-state index is 0.295. The van der Waals surface area contributed by atoms with Crippen LogP contribution in [0.1, 0.15) is 26.2 Å². The van der Waals surface area contributed by atoms with Crippen LogP contribution in [0, 0.1) is 5.92 Å². The van der Waals surface area contributed by atoms with Crippen molar-refractivity contribution in [1.29, 1.82) is 0 Å². The van der Waals surface area contributed by atoms with Crippen LogP contribution < -0.4 is 11.1 Å². The van der Waals surface area contributed by atoms with Crippen molar-refractivity contribution < 1.29 is 0 Å². The van der Waals surface area contributed by atoms with Gasteiger partial charge < -0.3 is 11.1 Å². The van der Waals surface area contributed by atoms with Gasteiger partial charge in [0.15, 0.2) is 0 Å². The van der Waals surface area contributed by atoms with Crippen molar-refractivity contribution in [3.8, 4) is 10.6 Å². The molecule has 4 rings (SSSR count). The number of benzene rings is 1. The second-order valence-electron chi connectivity index (χ2n) is 6.24. The van der Waals surface area contributed by atoms with Crippen molar-refractivity contribution in [3.63, 3.8) is 0 Å². The first-order chi connectivity index (χ1) is 11.2. The number of rotatable bonds is 3.